The highest BCUT2D eigenvalue weighted by molar-refractivity contribution is 6.33. The average Bonchev–Trinajstić information content (AvgIpc) is 2.84. The quantitative estimate of drug-likeness (QED) is 0.709. The zero-order valence-corrected chi connectivity index (χ0v) is 9.05. The molecule has 0 bridgehead atoms. The first-order valence-corrected chi connectivity index (χ1v) is 5.31. The Morgan fingerprint density at radius 1 is 1.44 bits per heavy atom. The molecule has 0 N–H and O–H groups in total. The molecule has 1 aliphatic rings. The molecule has 80 valence electrons. The SMILES string of the molecule is O=C1C=CC(n2ccc3c(Cl)ncnc32)C1. The number of ketones is 1. The third kappa shape index (κ3) is 1.34. The van der Waals surface area contributed by atoms with Gasteiger partial charge >= 0.3 is 0 Å². The van der Waals surface area contributed by atoms with Crippen LogP contribution in [0, 0.1) is 0 Å². The van der Waals surface area contributed by atoms with E-state index in [4.69, 9.17) is 11.6 Å². The van der Waals surface area contributed by atoms with Crippen molar-refractivity contribution in [3.63, 3.8) is 0 Å². The lowest BCUT2D eigenvalue weighted by molar-refractivity contribution is -0.114. The lowest BCUT2D eigenvalue weighted by Crippen LogP contribution is -2.05. The third-order valence-corrected chi connectivity index (χ3v) is 3.03. The molecular weight excluding hydrogens is 226 g/mol. The summed E-state index contributed by atoms with van der Waals surface area (Å²) >= 11 is 5.96. The van der Waals surface area contributed by atoms with Crippen molar-refractivity contribution in [1.82, 2.24) is 14.5 Å². The van der Waals surface area contributed by atoms with Crippen molar-refractivity contribution < 1.29 is 4.79 Å². The van der Waals surface area contributed by atoms with Crippen LogP contribution in [0.5, 0.6) is 0 Å². The molecule has 1 unspecified atom stereocenters. The van der Waals surface area contributed by atoms with Gasteiger partial charge in [0.25, 0.3) is 0 Å². The monoisotopic (exact) mass is 233 g/mol. The number of allylic oxidation sites excluding steroid dienone is 2. The van der Waals surface area contributed by atoms with Crippen LogP contribution in [0.3, 0.4) is 0 Å². The summed E-state index contributed by atoms with van der Waals surface area (Å²) in [6.45, 7) is 0. The van der Waals surface area contributed by atoms with Gasteiger partial charge in [0, 0.05) is 12.6 Å². The predicted molar refractivity (Wildman–Crippen MR) is 60.3 cm³/mol. The standard InChI is InChI=1S/C11H8ClN3O/c12-10-9-3-4-15(11(9)14-6-13-10)7-1-2-8(16)5-7/h1-4,6-7H,5H2. The Kier molecular flexibility index (Phi) is 2.04. The minimum atomic E-state index is 0.0518. The number of fused-ring (bicyclic) bond motifs is 1. The zero-order valence-electron chi connectivity index (χ0n) is 8.30. The van der Waals surface area contributed by atoms with E-state index < -0.39 is 0 Å². The lowest BCUT2D eigenvalue weighted by atomic mass is 10.2. The molecule has 0 spiro atoms. The van der Waals surface area contributed by atoms with E-state index in [1.807, 2.05) is 22.9 Å². The fourth-order valence-corrected chi connectivity index (χ4v) is 2.15. The van der Waals surface area contributed by atoms with Gasteiger partial charge in [-0.25, -0.2) is 9.97 Å². The molecule has 0 radical (unpaired) electrons. The summed E-state index contributed by atoms with van der Waals surface area (Å²) in [5.41, 5.74) is 0.768. The summed E-state index contributed by atoms with van der Waals surface area (Å²) in [7, 11) is 0. The number of carbonyl (C=O) groups excluding carboxylic acids is 1. The van der Waals surface area contributed by atoms with Crippen molar-refractivity contribution in [3.05, 3.63) is 35.9 Å². The summed E-state index contributed by atoms with van der Waals surface area (Å²) in [5, 5.41) is 1.26. The van der Waals surface area contributed by atoms with Crippen molar-refractivity contribution in [3.8, 4) is 0 Å². The number of hydrogen-bond donors (Lipinski definition) is 0. The van der Waals surface area contributed by atoms with Crippen LogP contribution in [-0.2, 0) is 4.79 Å². The molecule has 0 aliphatic heterocycles. The van der Waals surface area contributed by atoms with Crippen LogP contribution in [-0.4, -0.2) is 20.3 Å². The minimum Gasteiger partial charge on any atom is -0.325 e. The van der Waals surface area contributed by atoms with Gasteiger partial charge in [-0.1, -0.05) is 17.7 Å². The zero-order chi connectivity index (χ0) is 11.1. The van der Waals surface area contributed by atoms with Gasteiger partial charge in [-0.15, -0.1) is 0 Å². The van der Waals surface area contributed by atoms with Gasteiger partial charge in [0.2, 0.25) is 0 Å². The summed E-state index contributed by atoms with van der Waals surface area (Å²) < 4.78 is 1.95. The number of carbonyl (C=O) groups is 1. The maximum Gasteiger partial charge on any atom is 0.157 e. The number of hydrogen-bond acceptors (Lipinski definition) is 3. The van der Waals surface area contributed by atoms with Crippen molar-refractivity contribution >= 4 is 28.4 Å². The van der Waals surface area contributed by atoms with E-state index >= 15 is 0 Å². The molecule has 2 heterocycles. The second-order valence-corrected chi connectivity index (χ2v) is 4.08. The molecule has 1 atom stereocenters. The first-order chi connectivity index (χ1) is 7.75. The van der Waals surface area contributed by atoms with Gasteiger partial charge in [-0.3, -0.25) is 4.79 Å². The molecule has 16 heavy (non-hydrogen) atoms. The number of rotatable bonds is 1. The Morgan fingerprint density at radius 3 is 3.06 bits per heavy atom. The summed E-state index contributed by atoms with van der Waals surface area (Å²) in [6, 6.07) is 1.92. The van der Waals surface area contributed by atoms with Crippen LogP contribution in [0.2, 0.25) is 5.15 Å². The molecule has 0 fully saturated rings. The second-order valence-electron chi connectivity index (χ2n) is 3.72. The first kappa shape index (κ1) is 9.54. The molecule has 3 rings (SSSR count). The Bertz CT molecular complexity index is 602. The van der Waals surface area contributed by atoms with Gasteiger partial charge in [0.1, 0.15) is 17.1 Å². The van der Waals surface area contributed by atoms with E-state index in [1.165, 1.54) is 6.33 Å². The largest absolute Gasteiger partial charge is 0.325 e. The summed E-state index contributed by atoms with van der Waals surface area (Å²) in [4.78, 5) is 19.3. The van der Waals surface area contributed by atoms with Crippen LogP contribution in [0.1, 0.15) is 12.5 Å². The summed E-state index contributed by atoms with van der Waals surface area (Å²) in [6.07, 6.45) is 7.31. The highest BCUT2D eigenvalue weighted by Crippen LogP contribution is 2.27. The normalized spacial score (nSPS) is 19.8. The van der Waals surface area contributed by atoms with Crippen molar-refractivity contribution in [1.29, 1.82) is 0 Å². The van der Waals surface area contributed by atoms with Crippen LogP contribution >= 0.6 is 11.6 Å². The Balaban J connectivity index is 2.15. The smallest absolute Gasteiger partial charge is 0.157 e. The average molecular weight is 234 g/mol. The predicted octanol–water partition coefficient (Wildman–Crippen LogP) is 2.15. The maximum absolute atomic E-state index is 11.2. The number of nitrogens with zero attached hydrogens (tertiary/aromatic N) is 3. The lowest BCUT2D eigenvalue weighted by Gasteiger charge is -2.09. The highest BCUT2D eigenvalue weighted by Gasteiger charge is 2.19. The van der Waals surface area contributed by atoms with Crippen LogP contribution in [0.15, 0.2) is 30.7 Å². The van der Waals surface area contributed by atoms with Gasteiger partial charge < -0.3 is 4.57 Å². The van der Waals surface area contributed by atoms with Crippen LogP contribution < -0.4 is 0 Å². The molecule has 0 amide bonds. The molecule has 4 nitrogen and oxygen atoms in total. The van der Waals surface area contributed by atoms with E-state index in [9.17, 15) is 4.79 Å². The van der Waals surface area contributed by atoms with Gasteiger partial charge in [0.15, 0.2) is 5.78 Å². The molecule has 0 saturated heterocycles. The Morgan fingerprint density at radius 2 is 2.31 bits per heavy atom. The molecule has 5 heteroatoms. The molecule has 0 aromatic carbocycles. The molecule has 2 aromatic rings. The van der Waals surface area contributed by atoms with Crippen LogP contribution in [0.4, 0.5) is 0 Å². The number of aromatic nitrogens is 3. The Labute approximate surface area is 96.6 Å². The van der Waals surface area contributed by atoms with Crippen LogP contribution in [0.25, 0.3) is 11.0 Å². The Hall–Kier alpha value is -1.68. The molecule has 0 saturated carbocycles. The molecule has 2 aromatic heterocycles. The van der Waals surface area contributed by atoms with Gasteiger partial charge in [-0.05, 0) is 12.1 Å². The van der Waals surface area contributed by atoms with Crippen molar-refractivity contribution in [2.75, 3.05) is 0 Å². The minimum absolute atomic E-state index is 0.0518. The summed E-state index contributed by atoms with van der Waals surface area (Å²) in [5.74, 6) is 0.145. The molecular formula is C11H8ClN3O. The fraction of sp³-hybridized carbons (Fsp3) is 0.182. The second kappa shape index (κ2) is 3.42. The van der Waals surface area contributed by atoms with Crippen molar-refractivity contribution in [2.24, 2.45) is 0 Å². The first-order valence-electron chi connectivity index (χ1n) is 4.94. The molecule has 1 aliphatic carbocycles. The number of halogens is 1. The topological polar surface area (TPSA) is 47.8 Å². The maximum atomic E-state index is 11.2. The fourth-order valence-electron chi connectivity index (χ4n) is 1.96. The van der Waals surface area contributed by atoms with E-state index in [1.54, 1.807) is 6.08 Å². The third-order valence-electron chi connectivity index (χ3n) is 2.73. The van der Waals surface area contributed by atoms with E-state index in [2.05, 4.69) is 9.97 Å². The van der Waals surface area contributed by atoms with E-state index in [0.29, 0.717) is 11.6 Å². The van der Waals surface area contributed by atoms with Gasteiger partial charge in [0.05, 0.1) is 11.4 Å². The highest BCUT2D eigenvalue weighted by atomic mass is 35.5. The van der Waals surface area contributed by atoms with E-state index in [-0.39, 0.29) is 11.8 Å². The van der Waals surface area contributed by atoms with Crippen molar-refractivity contribution in [2.45, 2.75) is 12.5 Å². The van der Waals surface area contributed by atoms with Gasteiger partial charge in [-0.2, -0.15) is 0 Å². The van der Waals surface area contributed by atoms with E-state index in [0.717, 1.165) is 11.0 Å².